The summed E-state index contributed by atoms with van der Waals surface area (Å²) in [5, 5.41) is 3.43. The molecule has 6 heteroatoms. The van der Waals surface area contributed by atoms with Crippen LogP contribution in [0.2, 0.25) is 0 Å². The molecule has 2 atom stereocenters. The molecule has 0 aromatic heterocycles. The smallest absolute Gasteiger partial charge is 0.279 e. The summed E-state index contributed by atoms with van der Waals surface area (Å²) in [5.74, 6) is 0. The fourth-order valence-electron chi connectivity index (χ4n) is 2.55. The van der Waals surface area contributed by atoms with Gasteiger partial charge in [0, 0.05) is 25.2 Å². The van der Waals surface area contributed by atoms with Gasteiger partial charge in [-0.1, -0.05) is 20.3 Å². The first-order valence-corrected chi connectivity index (χ1v) is 8.96. The second-order valence-electron chi connectivity index (χ2n) is 5.32. The molecule has 0 radical (unpaired) electrons. The number of rotatable bonds is 8. The maximum absolute atomic E-state index is 12.3. The van der Waals surface area contributed by atoms with E-state index in [1.54, 1.807) is 4.31 Å². The van der Waals surface area contributed by atoms with E-state index in [1.807, 2.05) is 6.92 Å². The molecule has 0 aromatic carbocycles. The predicted octanol–water partition coefficient (Wildman–Crippen LogP) is 1.47. The zero-order valence-corrected chi connectivity index (χ0v) is 13.3. The fraction of sp³-hybridized carbons (Fsp3) is 1.00. The third-order valence-corrected chi connectivity index (χ3v) is 5.27. The maximum atomic E-state index is 12.3. The number of hydrogen-bond donors (Lipinski definition) is 2. The SMILES string of the molecule is CCCNC(C)C1CCCCN1S(=O)(=O)NCCC. The minimum atomic E-state index is -3.32. The van der Waals surface area contributed by atoms with Crippen molar-refractivity contribution in [3.05, 3.63) is 0 Å². The number of piperidine rings is 1. The van der Waals surface area contributed by atoms with Crippen LogP contribution in [0.4, 0.5) is 0 Å². The Kier molecular flexibility index (Phi) is 7.28. The van der Waals surface area contributed by atoms with Crippen LogP contribution in [0.1, 0.15) is 52.9 Å². The van der Waals surface area contributed by atoms with Gasteiger partial charge in [-0.3, -0.25) is 0 Å². The Balaban J connectivity index is 2.71. The van der Waals surface area contributed by atoms with Crippen molar-refractivity contribution in [2.75, 3.05) is 19.6 Å². The fourth-order valence-corrected chi connectivity index (χ4v) is 4.19. The van der Waals surface area contributed by atoms with Gasteiger partial charge in [-0.25, -0.2) is 4.72 Å². The van der Waals surface area contributed by atoms with Crippen LogP contribution in [0.3, 0.4) is 0 Å². The minimum absolute atomic E-state index is 0.0784. The molecule has 0 aromatic rings. The largest absolute Gasteiger partial charge is 0.313 e. The molecular weight excluding hydrogens is 262 g/mol. The number of nitrogens with one attached hydrogen (secondary N) is 2. The first kappa shape index (κ1) is 16.9. The van der Waals surface area contributed by atoms with Gasteiger partial charge in [0.05, 0.1) is 0 Å². The van der Waals surface area contributed by atoms with Crippen molar-refractivity contribution in [3.63, 3.8) is 0 Å². The van der Waals surface area contributed by atoms with Crippen molar-refractivity contribution in [2.45, 2.75) is 65.0 Å². The van der Waals surface area contributed by atoms with E-state index in [4.69, 9.17) is 0 Å². The lowest BCUT2D eigenvalue weighted by Crippen LogP contribution is -2.56. The Morgan fingerprint density at radius 3 is 2.53 bits per heavy atom. The molecule has 1 rings (SSSR count). The molecule has 2 unspecified atom stereocenters. The van der Waals surface area contributed by atoms with Gasteiger partial charge >= 0.3 is 0 Å². The molecule has 0 spiro atoms. The topological polar surface area (TPSA) is 61.4 Å². The normalized spacial score (nSPS) is 23.4. The molecule has 0 saturated carbocycles. The van der Waals surface area contributed by atoms with Gasteiger partial charge in [-0.05, 0) is 39.2 Å². The average Bonchev–Trinajstić information content (AvgIpc) is 2.42. The van der Waals surface area contributed by atoms with E-state index in [1.165, 1.54) is 0 Å². The summed E-state index contributed by atoms with van der Waals surface area (Å²) in [4.78, 5) is 0. The van der Waals surface area contributed by atoms with Crippen LogP contribution < -0.4 is 10.0 Å². The van der Waals surface area contributed by atoms with Crippen LogP contribution in [0.5, 0.6) is 0 Å². The van der Waals surface area contributed by atoms with Crippen LogP contribution in [0.15, 0.2) is 0 Å². The maximum Gasteiger partial charge on any atom is 0.279 e. The summed E-state index contributed by atoms with van der Waals surface area (Å²) < 4.78 is 29.0. The summed E-state index contributed by atoms with van der Waals surface area (Å²) >= 11 is 0. The van der Waals surface area contributed by atoms with E-state index in [-0.39, 0.29) is 12.1 Å². The van der Waals surface area contributed by atoms with E-state index in [0.29, 0.717) is 13.1 Å². The van der Waals surface area contributed by atoms with Crippen LogP contribution in [0, 0.1) is 0 Å². The monoisotopic (exact) mass is 291 g/mol. The van der Waals surface area contributed by atoms with E-state index in [9.17, 15) is 8.42 Å². The first-order valence-electron chi connectivity index (χ1n) is 7.52. The van der Waals surface area contributed by atoms with Crippen molar-refractivity contribution in [1.82, 2.24) is 14.3 Å². The molecule has 0 aliphatic carbocycles. The Labute approximate surface area is 118 Å². The van der Waals surface area contributed by atoms with Crippen molar-refractivity contribution in [2.24, 2.45) is 0 Å². The Morgan fingerprint density at radius 1 is 1.21 bits per heavy atom. The van der Waals surface area contributed by atoms with E-state index < -0.39 is 10.2 Å². The molecule has 2 N–H and O–H groups in total. The van der Waals surface area contributed by atoms with Crippen molar-refractivity contribution >= 4 is 10.2 Å². The average molecular weight is 291 g/mol. The number of hydrogen-bond acceptors (Lipinski definition) is 3. The van der Waals surface area contributed by atoms with Gasteiger partial charge in [0.15, 0.2) is 0 Å². The van der Waals surface area contributed by atoms with Gasteiger partial charge in [0.2, 0.25) is 0 Å². The lowest BCUT2D eigenvalue weighted by Gasteiger charge is -2.38. The highest BCUT2D eigenvalue weighted by Gasteiger charge is 2.34. The van der Waals surface area contributed by atoms with Crippen molar-refractivity contribution in [1.29, 1.82) is 0 Å². The van der Waals surface area contributed by atoms with Gasteiger partial charge in [0.25, 0.3) is 10.2 Å². The quantitative estimate of drug-likeness (QED) is 0.712. The Bertz CT molecular complexity index is 346. The van der Waals surface area contributed by atoms with E-state index >= 15 is 0 Å². The first-order chi connectivity index (χ1) is 9.03. The highest BCUT2D eigenvalue weighted by atomic mass is 32.2. The van der Waals surface area contributed by atoms with E-state index in [2.05, 4.69) is 23.9 Å². The second kappa shape index (κ2) is 8.19. The molecule has 1 heterocycles. The lowest BCUT2D eigenvalue weighted by atomic mass is 9.99. The van der Waals surface area contributed by atoms with Crippen LogP contribution in [-0.4, -0.2) is 44.4 Å². The Hall–Kier alpha value is -0.170. The van der Waals surface area contributed by atoms with Gasteiger partial charge in [0.1, 0.15) is 0 Å². The van der Waals surface area contributed by atoms with Gasteiger partial charge in [-0.15, -0.1) is 0 Å². The molecule has 0 bridgehead atoms. The van der Waals surface area contributed by atoms with Crippen LogP contribution in [-0.2, 0) is 10.2 Å². The summed E-state index contributed by atoms with van der Waals surface area (Å²) in [6, 6.07) is 0.285. The Morgan fingerprint density at radius 2 is 1.89 bits per heavy atom. The van der Waals surface area contributed by atoms with Gasteiger partial charge < -0.3 is 5.32 Å². The third kappa shape index (κ3) is 5.02. The zero-order valence-electron chi connectivity index (χ0n) is 12.5. The van der Waals surface area contributed by atoms with Crippen LogP contribution in [0.25, 0.3) is 0 Å². The zero-order chi connectivity index (χ0) is 14.3. The van der Waals surface area contributed by atoms with Crippen molar-refractivity contribution in [3.8, 4) is 0 Å². The number of nitrogens with zero attached hydrogens (tertiary/aromatic N) is 1. The minimum Gasteiger partial charge on any atom is -0.313 e. The molecule has 1 aliphatic heterocycles. The molecule has 5 nitrogen and oxygen atoms in total. The predicted molar refractivity (Wildman–Crippen MR) is 79.3 cm³/mol. The summed E-state index contributed by atoms with van der Waals surface area (Å²) in [6.07, 6.45) is 4.91. The molecule has 114 valence electrons. The molecule has 19 heavy (non-hydrogen) atoms. The summed E-state index contributed by atoms with van der Waals surface area (Å²) in [6.45, 7) is 8.28. The highest BCUT2D eigenvalue weighted by molar-refractivity contribution is 7.87. The lowest BCUT2D eigenvalue weighted by molar-refractivity contribution is 0.206. The molecule has 1 saturated heterocycles. The summed E-state index contributed by atoms with van der Waals surface area (Å²) in [7, 11) is -3.32. The highest BCUT2D eigenvalue weighted by Crippen LogP contribution is 2.22. The molecule has 1 aliphatic rings. The second-order valence-corrected chi connectivity index (χ2v) is 7.02. The van der Waals surface area contributed by atoms with E-state index in [0.717, 1.165) is 38.6 Å². The molecule has 0 amide bonds. The third-order valence-electron chi connectivity index (χ3n) is 3.63. The standard InChI is InChI=1S/C13H29N3O2S/c1-4-9-14-12(3)13-8-6-7-11-16(13)19(17,18)15-10-5-2/h12-15H,4-11H2,1-3H3. The molecule has 1 fully saturated rings. The molecular formula is C13H29N3O2S. The van der Waals surface area contributed by atoms with Crippen molar-refractivity contribution < 1.29 is 8.42 Å². The van der Waals surface area contributed by atoms with Gasteiger partial charge in [-0.2, -0.15) is 12.7 Å². The summed E-state index contributed by atoms with van der Waals surface area (Å²) in [5.41, 5.74) is 0. The van der Waals surface area contributed by atoms with Crippen LogP contribution >= 0.6 is 0 Å².